The lowest BCUT2D eigenvalue weighted by Gasteiger charge is -2.24. The van der Waals surface area contributed by atoms with Gasteiger partial charge in [-0.05, 0) is 30.3 Å². The summed E-state index contributed by atoms with van der Waals surface area (Å²) < 4.78 is 7.25. The summed E-state index contributed by atoms with van der Waals surface area (Å²) in [5.41, 5.74) is 1.06. The molecule has 0 bridgehead atoms. The maximum atomic E-state index is 12.7. The Morgan fingerprint density at radius 2 is 1.74 bits per heavy atom. The first-order valence-electron chi connectivity index (χ1n) is 7.07. The lowest BCUT2D eigenvalue weighted by molar-refractivity contribution is 0.463. The molecule has 1 aliphatic rings. The van der Waals surface area contributed by atoms with E-state index in [9.17, 15) is 15.0 Å². The van der Waals surface area contributed by atoms with Gasteiger partial charge in [0.2, 0.25) is 0 Å². The molecule has 1 aromatic heterocycles. The van der Waals surface area contributed by atoms with Gasteiger partial charge in [0.25, 0.3) is 5.56 Å². The zero-order valence-corrected chi connectivity index (χ0v) is 12.6. The molecule has 0 amide bonds. The summed E-state index contributed by atoms with van der Waals surface area (Å²) in [6.45, 7) is 0. The number of fused-ring (bicyclic) bond motifs is 2. The van der Waals surface area contributed by atoms with Crippen molar-refractivity contribution in [3.63, 3.8) is 0 Å². The van der Waals surface area contributed by atoms with Crippen molar-refractivity contribution in [3.8, 4) is 34.1 Å². The quantitative estimate of drug-likeness (QED) is 0.564. The highest BCUT2D eigenvalue weighted by Crippen LogP contribution is 2.48. The van der Waals surface area contributed by atoms with Crippen LogP contribution in [0, 0.1) is 0 Å². The number of phenols is 2. The normalized spacial score (nSPS) is 11.9. The summed E-state index contributed by atoms with van der Waals surface area (Å²) in [6, 6.07) is 7.90. The van der Waals surface area contributed by atoms with Crippen molar-refractivity contribution in [1.29, 1.82) is 0 Å². The van der Waals surface area contributed by atoms with Crippen LogP contribution in [0.25, 0.3) is 21.9 Å². The molecule has 0 fully saturated rings. The van der Waals surface area contributed by atoms with E-state index in [2.05, 4.69) is 0 Å². The molecule has 6 heteroatoms. The van der Waals surface area contributed by atoms with Gasteiger partial charge in [0.05, 0.1) is 5.39 Å². The van der Waals surface area contributed by atoms with E-state index >= 15 is 0 Å². The third-order valence-corrected chi connectivity index (χ3v) is 3.99. The average Bonchev–Trinajstić information content (AvgIpc) is 2.51. The molecule has 2 N–H and O–H groups in total. The molecule has 0 spiro atoms. The van der Waals surface area contributed by atoms with Crippen molar-refractivity contribution >= 4 is 10.8 Å². The summed E-state index contributed by atoms with van der Waals surface area (Å²) in [6.07, 6.45) is 1.69. The maximum absolute atomic E-state index is 12.7. The molecule has 4 rings (SSSR count). The average molecular weight is 310 g/mol. The highest BCUT2D eigenvalue weighted by molar-refractivity contribution is 6.05. The minimum atomic E-state index is -0.333. The smallest absolute Gasteiger partial charge is 0.280 e. The number of benzene rings is 2. The summed E-state index contributed by atoms with van der Waals surface area (Å²) in [5, 5.41) is 22.4. The van der Waals surface area contributed by atoms with Crippen LogP contribution in [0.3, 0.4) is 0 Å². The van der Waals surface area contributed by atoms with E-state index in [1.165, 1.54) is 10.7 Å². The Hall–Kier alpha value is -3.15. The number of aromatic hydroxyl groups is 2. The zero-order valence-electron chi connectivity index (χ0n) is 12.6. The Balaban J connectivity index is 2.24. The van der Waals surface area contributed by atoms with Gasteiger partial charge in [-0.3, -0.25) is 4.79 Å². The van der Waals surface area contributed by atoms with Crippen molar-refractivity contribution in [2.75, 3.05) is 19.1 Å². The van der Waals surface area contributed by atoms with Crippen LogP contribution >= 0.6 is 0 Å². The Morgan fingerprint density at radius 1 is 1.00 bits per heavy atom. The lowest BCUT2D eigenvalue weighted by atomic mass is 9.96. The lowest BCUT2D eigenvalue weighted by Crippen LogP contribution is -2.36. The molecule has 0 atom stereocenters. The molecule has 0 saturated heterocycles. The van der Waals surface area contributed by atoms with E-state index < -0.39 is 0 Å². The van der Waals surface area contributed by atoms with Crippen LogP contribution in [-0.2, 0) is 0 Å². The molecule has 1 aliphatic heterocycles. The van der Waals surface area contributed by atoms with Crippen molar-refractivity contribution in [2.45, 2.75) is 0 Å². The monoisotopic (exact) mass is 310 g/mol. The number of pyridine rings is 1. The summed E-state index contributed by atoms with van der Waals surface area (Å²) >= 11 is 0. The maximum Gasteiger partial charge on any atom is 0.280 e. The van der Waals surface area contributed by atoms with Crippen LogP contribution < -0.4 is 15.3 Å². The second kappa shape index (κ2) is 4.42. The van der Waals surface area contributed by atoms with Crippen LogP contribution in [0.4, 0.5) is 0 Å². The molecule has 0 radical (unpaired) electrons. The molecule has 0 aliphatic carbocycles. The van der Waals surface area contributed by atoms with E-state index in [0.717, 1.165) is 5.56 Å². The van der Waals surface area contributed by atoms with Gasteiger partial charge in [0.15, 0.2) is 0 Å². The summed E-state index contributed by atoms with van der Waals surface area (Å²) in [5.74, 6) is 1.10. The highest BCUT2D eigenvalue weighted by Gasteiger charge is 2.25. The number of hydrogen-bond donors (Lipinski definition) is 2. The molecular formula is C17H14N2O4. The predicted octanol–water partition coefficient (Wildman–Crippen LogP) is 2.38. The Bertz CT molecular complexity index is 1020. The van der Waals surface area contributed by atoms with E-state index in [0.29, 0.717) is 22.4 Å². The Kier molecular flexibility index (Phi) is 2.60. The first kappa shape index (κ1) is 13.5. The molecule has 2 aromatic carbocycles. The topological polar surface area (TPSA) is 74.9 Å². The first-order valence-corrected chi connectivity index (χ1v) is 7.07. The van der Waals surface area contributed by atoms with Crippen molar-refractivity contribution in [1.82, 2.24) is 4.68 Å². The van der Waals surface area contributed by atoms with E-state index in [1.54, 1.807) is 49.6 Å². The standard InChI is InChI=1S/C17H14N2O4/c1-18(2)19-8-11-10-7-9(20)3-5-13(10)23-14-6-4-12(21)16(15(11)14)17(19)22/h3-8,20-21H,1-2H3. The van der Waals surface area contributed by atoms with Gasteiger partial charge in [-0.15, -0.1) is 0 Å². The van der Waals surface area contributed by atoms with Crippen LogP contribution in [0.1, 0.15) is 0 Å². The van der Waals surface area contributed by atoms with Gasteiger partial charge in [-0.1, -0.05) is 0 Å². The van der Waals surface area contributed by atoms with Crippen LogP contribution in [0.2, 0.25) is 0 Å². The van der Waals surface area contributed by atoms with Crippen LogP contribution in [0.15, 0.2) is 41.3 Å². The largest absolute Gasteiger partial charge is 0.508 e. The Labute approximate surface area is 131 Å². The van der Waals surface area contributed by atoms with Crippen LogP contribution in [-0.4, -0.2) is 29.0 Å². The van der Waals surface area contributed by atoms with E-state index in [4.69, 9.17) is 4.74 Å². The number of hydrogen-bond acceptors (Lipinski definition) is 5. The second-order valence-corrected chi connectivity index (χ2v) is 5.66. The van der Waals surface area contributed by atoms with Gasteiger partial charge in [0, 0.05) is 36.8 Å². The van der Waals surface area contributed by atoms with Gasteiger partial charge >= 0.3 is 0 Å². The molecule has 0 saturated carbocycles. The zero-order chi connectivity index (χ0) is 16.3. The number of rotatable bonds is 1. The fourth-order valence-electron chi connectivity index (χ4n) is 2.94. The summed E-state index contributed by atoms with van der Waals surface area (Å²) in [4.78, 5) is 12.7. The van der Waals surface area contributed by atoms with Gasteiger partial charge in [-0.25, -0.2) is 4.68 Å². The minimum Gasteiger partial charge on any atom is -0.508 e. The molecule has 0 unspecified atom stereocenters. The van der Waals surface area contributed by atoms with Gasteiger partial charge in [-0.2, -0.15) is 0 Å². The fraction of sp³-hybridized carbons (Fsp3) is 0.118. The van der Waals surface area contributed by atoms with E-state index in [-0.39, 0.29) is 22.4 Å². The number of nitrogens with zero attached hydrogens (tertiary/aromatic N) is 2. The third-order valence-electron chi connectivity index (χ3n) is 3.99. The van der Waals surface area contributed by atoms with Crippen molar-refractivity contribution in [3.05, 3.63) is 46.9 Å². The van der Waals surface area contributed by atoms with Gasteiger partial charge in [0.1, 0.15) is 23.0 Å². The fourth-order valence-corrected chi connectivity index (χ4v) is 2.94. The molecule has 3 aromatic rings. The summed E-state index contributed by atoms with van der Waals surface area (Å²) in [7, 11) is 3.48. The minimum absolute atomic E-state index is 0.0987. The number of aromatic nitrogens is 1. The molecule has 6 nitrogen and oxygen atoms in total. The molecule has 2 heterocycles. The SMILES string of the molecule is CN(C)n1cc2c3c(ccc(O)c3c1=O)Oc1ccc(O)cc1-2. The van der Waals surface area contributed by atoms with Crippen molar-refractivity contribution < 1.29 is 14.9 Å². The number of phenolic OH excluding ortho intramolecular Hbond substituents is 2. The van der Waals surface area contributed by atoms with Crippen molar-refractivity contribution in [2.24, 2.45) is 0 Å². The highest BCUT2D eigenvalue weighted by atomic mass is 16.5. The second-order valence-electron chi connectivity index (χ2n) is 5.66. The molecule has 23 heavy (non-hydrogen) atoms. The Morgan fingerprint density at radius 3 is 2.48 bits per heavy atom. The molecular weight excluding hydrogens is 296 g/mol. The molecule has 116 valence electrons. The number of ether oxygens (including phenoxy) is 1. The predicted molar refractivity (Wildman–Crippen MR) is 87.1 cm³/mol. The van der Waals surface area contributed by atoms with Gasteiger partial charge < -0.3 is 20.0 Å². The first-order chi connectivity index (χ1) is 11.0. The van der Waals surface area contributed by atoms with Crippen LogP contribution in [0.5, 0.6) is 23.0 Å². The third kappa shape index (κ3) is 1.78. The van der Waals surface area contributed by atoms with E-state index in [1.807, 2.05) is 0 Å².